The molecule has 0 saturated carbocycles. The van der Waals surface area contributed by atoms with Crippen molar-refractivity contribution in [3.63, 3.8) is 0 Å². The molecule has 1 aliphatic rings. The number of amides is 2. The Labute approximate surface area is 120 Å². The second-order valence-electron chi connectivity index (χ2n) is 5.34. The predicted octanol–water partition coefficient (Wildman–Crippen LogP) is 1.99. The van der Waals surface area contributed by atoms with E-state index in [1.807, 2.05) is 13.8 Å². The molecule has 1 aromatic heterocycles. The van der Waals surface area contributed by atoms with E-state index in [4.69, 9.17) is 0 Å². The van der Waals surface area contributed by atoms with Crippen LogP contribution in [0.5, 0.6) is 0 Å². The molecule has 2 amide bonds. The number of urea groups is 1. The molecule has 2 rings (SSSR count). The number of rotatable bonds is 1. The van der Waals surface area contributed by atoms with Crippen LogP contribution in [0.2, 0.25) is 0 Å². The van der Waals surface area contributed by atoms with Gasteiger partial charge in [0.1, 0.15) is 11.6 Å². The number of aromatic nitrogens is 1. The lowest BCUT2D eigenvalue weighted by atomic mass is 10.1. The van der Waals surface area contributed by atoms with Gasteiger partial charge in [-0.05, 0) is 32.4 Å². The molecule has 0 bridgehead atoms. The summed E-state index contributed by atoms with van der Waals surface area (Å²) in [6, 6.07) is 2.36. The van der Waals surface area contributed by atoms with Crippen molar-refractivity contribution >= 4 is 22.6 Å². The molecule has 0 aliphatic carbocycles. The summed E-state index contributed by atoms with van der Waals surface area (Å²) in [7, 11) is -0.942. The number of halogens is 1. The van der Waals surface area contributed by atoms with Crippen molar-refractivity contribution in [1.82, 2.24) is 9.88 Å². The minimum absolute atomic E-state index is 0.275. The first-order valence-electron chi connectivity index (χ1n) is 6.44. The Bertz CT molecular complexity index is 519. The lowest BCUT2D eigenvalue weighted by Crippen LogP contribution is -2.37. The van der Waals surface area contributed by atoms with Crippen LogP contribution in [0, 0.1) is 5.82 Å². The third-order valence-electron chi connectivity index (χ3n) is 3.40. The zero-order chi connectivity index (χ0) is 14.8. The highest BCUT2D eigenvalue weighted by Crippen LogP contribution is 2.22. The van der Waals surface area contributed by atoms with E-state index in [1.54, 1.807) is 4.90 Å². The van der Waals surface area contributed by atoms with Gasteiger partial charge >= 0.3 is 6.03 Å². The SMILES string of the molecule is CC1(C)CCN(C(=O)Nc2ccc(F)cn2)CCS1=O. The molecule has 0 spiro atoms. The quantitative estimate of drug-likeness (QED) is 0.862. The zero-order valence-corrected chi connectivity index (χ0v) is 12.4. The smallest absolute Gasteiger partial charge is 0.323 e. The van der Waals surface area contributed by atoms with Crippen LogP contribution < -0.4 is 5.32 Å². The van der Waals surface area contributed by atoms with Crippen LogP contribution in [0.1, 0.15) is 20.3 Å². The fraction of sp³-hybridized carbons (Fsp3) is 0.538. The summed E-state index contributed by atoms with van der Waals surface area (Å²) in [5.74, 6) is 0.327. The first kappa shape index (κ1) is 14.9. The minimum Gasteiger partial charge on any atom is -0.324 e. The summed E-state index contributed by atoms with van der Waals surface area (Å²) in [5, 5.41) is 2.62. The molecule has 20 heavy (non-hydrogen) atoms. The number of carbonyl (C=O) groups is 1. The van der Waals surface area contributed by atoms with Crippen molar-refractivity contribution < 1.29 is 13.4 Å². The van der Waals surface area contributed by atoms with Gasteiger partial charge in [0.15, 0.2) is 0 Å². The van der Waals surface area contributed by atoms with Crippen LogP contribution >= 0.6 is 0 Å². The van der Waals surface area contributed by atoms with Gasteiger partial charge in [0, 0.05) is 34.4 Å². The Morgan fingerprint density at radius 1 is 1.45 bits per heavy atom. The molecule has 2 heterocycles. The van der Waals surface area contributed by atoms with Gasteiger partial charge in [-0.15, -0.1) is 0 Å². The van der Waals surface area contributed by atoms with E-state index in [9.17, 15) is 13.4 Å². The second-order valence-corrected chi connectivity index (χ2v) is 7.54. The molecule has 110 valence electrons. The number of pyridine rings is 1. The molecular formula is C13H18FN3O2S. The van der Waals surface area contributed by atoms with Gasteiger partial charge < -0.3 is 4.90 Å². The number of carbonyl (C=O) groups excluding carboxylic acids is 1. The van der Waals surface area contributed by atoms with Crippen LogP contribution in [0.15, 0.2) is 18.3 Å². The van der Waals surface area contributed by atoms with Crippen LogP contribution in [0.4, 0.5) is 15.0 Å². The zero-order valence-electron chi connectivity index (χ0n) is 11.6. The summed E-state index contributed by atoms with van der Waals surface area (Å²) in [6.07, 6.45) is 1.74. The summed E-state index contributed by atoms with van der Waals surface area (Å²) in [6.45, 7) is 4.90. The Morgan fingerprint density at radius 2 is 2.20 bits per heavy atom. The van der Waals surface area contributed by atoms with Gasteiger partial charge in [-0.1, -0.05) is 0 Å². The second kappa shape index (κ2) is 5.87. The molecule has 1 aliphatic heterocycles. The van der Waals surface area contributed by atoms with Crippen molar-refractivity contribution in [2.24, 2.45) is 0 Å². The molecule has 5 nitrogen and oxygen atoms in total. The maximum Gasteiger partial charge on any atom is 0.323 e. The van der Waals surface area contributed by atoms with Gasteiger partial charge in [-0.3, -0.25) is 9.53 Å². The number of nitrogens with one attached hydrogen (secondary N) is 1. The van der Waals surface area contributed by atoms with Crippen molar-refractivity contribution in [1.29, 1.82) is 0 Å². The normalized spacial score (nSPS) is 22.1. The molecule has 1 N–H and O–H groups in total. The van der Waals surface area contributed by atoms with E-state index in [2.05, 4.69) is 10.3 Å². The molecule has 0 aromatic carbocycles. The molecule has 1 unspecified atom stereocenters. The Morgan fingerprint density at radius 3 is 2.85 bits per heavy atom. The fourth-order valence-corrected chi connectivity index (χ4v) is 3.20. The summed E-state index contributed by atoms with van der Waals surface area (Å²) >= 11 is 0. The molecular weight excluding hydrogens is 281 g/mol. The van der Waals surface area contributed by atoms with E-state index < -0.39 is 16.6 Å². The number of nitrogens with zero attached hydrogens (tertiary/aromatic N) is 2. The Kier molecular flexibility index (Phi) is 4.37. The standard InChI is InChI=1S/C13H18FN3O2S/c1-13(2)5-6-17(7-8-20(13)19)12(18)16-11-4-3-10(14)9-15-11/h3-4,9H,5-8H2,1-2H3,(H,15,16,18). The van der Waals surface area contributed by atoms with Crippen molar-refractivity contribution in [3.05, 3.63) is 24.1 Å². The van der Waals surface area contributed by atoms with E-state index in [0.717, 1.165) is 6.20 Å². The highest BCUT2D eigenvalue weighted by Gasteiger charge is 2.31. The minimum atomic E-state index is -0.942. The number of anilines is 1. The molecule has 1 aromatic rings. The molecule has 0 radical (unpaired) electrons. The van der Waals surface area contributed by atoms with Crippen LogP contribution in [0.25, 0.3) is 0 Å². The Balaban J connectivity index is 1.99. The lowest BCUT2D eigenvalue weighted by Gasteiger charge is -2.22. The fourth-order valence-electron chi connectivity index (χ4n) is 1.94. The predicted molar refractivity (Wildman–Crippen MR) is 76.5 cm³/mol. The first-order valence-corrected chi connectivity index (χ1v) is 7.76. The average Bonchev–Trinajstić information content (AvgIpc) is 2.53. The van der Waals surface area contributed by atoms with Gasteiger partial charge in [0.2, 0.25) is 0 Å². The van der Waals surface area contributed by atoms with E-state index in [1.165, 1.54) is 12.1 Å². The molecule has 1 saturated heterocycles. The number of hydrogen-bond donors (Lipinski definition) is 1. The molecule has 1 atom stereocenters. The summed E-state index contributed by atoms with van der Waals surface area (Å²) < 4.78 is 24.5. The summed E-state index contributed by atoms with van der Waals surface area (Å²) in [5.41, 5.74) is 0. The van der Waals surface area contributed by atoms with Crippen LogP contribution in [0.3, 0.4) is 0 Å². The van der Waals surface area contributed by atoms with Gasteiger partial charge in [0.05, 0.1) is 6.20 Å². The van der Waals surface area contributed by atoms with E-state index in [-0.39, 0.29) is 10.8 Å². The summed E-state index contributed by atoms with van der Waals surface area (Å²) in [4.78, 5) is 17.5. The van der Waals surface area contributed by atoms with Gasteiger partial charge in [-0.25, -0.2) is 14.2 Å². The van der Waals surface area contributed by atoms with Gasteiger partial charge in [0.25, 0.3) is 0 Å². The average molecular weight is 299 g/mol. The van der Waals surface area contributed by atoms with E-state index in [0.29, 0.717) is 31.1 Å². The Hall–Kier alpha value is -1.50. The van der Waals surface area contributed by atoms with Crippen molar-refractivity contribution in [3.8, 4) is 0 Å². The number of hydrogen-bond acceptors (Lipinski definition) is 3. The highest BCUT2D eigenvalue weighted by atomic mass is 32.2. The third kappa shape index (κ3) is 3.53. The van der Waals surface area contributed by atoms with Crippen molar-refractivity contribution in [2.45, 2.75) is 25.0 Å². The van der Waals surface area contributed by atoms with Crippen LogP contribution in [-0.2, 0) is 10.8 Å². The molecule has 1 fully saturated rings. The van der Waals surface area contributed by atoms with E-state index >= 15 is 0 Å². The highest BCUT2D eigenvalue weighted by molar-refractivity contribution is 7.86. The first-order chi connectivity index (χ1) is 9.38. The topological polar surface area (TPSA) is 62.3 Å². The van der Waals surface area contributed by atoms with Gasteiger partial charge in [-0.2, -0.15) is 0 Å². The maximum atomic E-state index is 12.7. The molecule has 7 heteroatoms. The van der Waals surface area contributed by atoms with Crippen molar-refractivity contribution in [2.75, 3.05) is 24.2 Å². The monoisotopic (exact) mass is 299 g/mol. The third-order valence-corrected chi connectivity index (χ3v) is 5.39. The lowest BCUT2D eigenvalue weighted by molar-refractivity contribution is 0.214. The maximum absolute atomic E-state index is 12.7. The van der Waals surface area contributed by atoms with Crippen LogP contribution in [-0.4, -0.2) is 43.7 Å². The largest absolute Gasteiger partial charge is 0.324 e.